The number of fused-ring (bicyclic) bond motifs is 2. The summed E-state index contributed by atoms with van der Waals surface area (Å²) in [4.78, 5) is 80.9. The van der Waals surface area contributed by atoms with E-state index in [1.54, 1.807) is 35.5 Å². The zero-order valence-electron chi connectivity index (χ0n) is 45.4. The molecule has 4 saturated heterocycles. The minimum absolute atomic E-state index is 0.0194. The van der Waals surface area contributed by atoms with Gasteiger partial charge in [-0.05, 0) is 126 Å². The average Bonchev–Trinajstić information content (AvgIpc) is 3.97. The number of amides is 2. The highest BCUT2D eigenvalue weighted by atomic mass is 35.5. The number of nitrogens with zero attached hydrogens (tertiary/aromatic N) is 8. The lowest BCUT2D eigenvalue weighted by Crippen LogP contribution is -2.50. The SMILES string of the molecule is CC(C)(C)OC(=O)C[C@@H]1C[C@H]2C(=O)N([C@H](CC#N)C(=O)CCc3ccc(Cl)cn3)CCC(CCc3ccccc3)N2C1.C[C@@H]1C[C@H]2C(=O)N([C@H](CC#N)C(=O)O)CCC(CCc3ccccc3)N2C1.NCc1ccc(Cl)cn1. The van der Waals surface area contributed by atoms with Gasteiger partial charge in [0.05, 0.1) is 52.8 Å². The number of benzene rings is 2. The van der Waals surface area contributed by atoms with Crippen molar-refractivity contribution in [3.05, 3.63) is 130 Å². The number of hydrogen-bond acceptors (Lipinski definition) is 13. The Labute approximate surface area is 469 Å². The first kappa shape index (κ1) is 61.0. The van der Waals surface area contributed by atoms with Crippen LogP contribution in [0.2, 0.25) is 10.0 Å². The summed E-state index contributed by atoms with van der Waals surface area (Å²) >= 11 is 11.5. The second kappa shape index (κ2) is 29.6. The van der Waals surface area contributed by atoms with Crippen LogP contribution in [0.3, 0.4) is 0 Å². The monoisotopic (exact) mass is 1100 g/mol. The van der Waals surface area contributed by atoms with Crippen LogP contribution in [0.4, 0.5) is 0 Å². The molecule has 4 aliphatic heterocycles. The van der Waals surface area contributed by atoms with Crippen LogP contribution in [-0.4, -0.2) is 132 Å². The number of nitriles is 2. The summed E-state index contributed by atoms with van der Waals surface area (Å²) in [5.41, 5.74) is 8.83. The molecule has 16 nitrogen and oxygen atoms in total. The Morgan fingerprint density at radius 3 is 1.72 bits per heavy atom. The molecule has 4 aromatic rings. The number of carboxylic acid groups (broad SMARTS) is 1. The van der Waals surface area contributed by atoms with Gasteiger partial charge in [-0.2, -0.15) is 10.5 Å². The summed E-state index contributed by atoms with van der Waals surface area (Å²) in [5, 5.41) is 29.3. The van der Waals surface area contributed by atoms with Crippen molar-refractivity contribution in [3.8, 4) is 12.1 Å². The molecule has 2 aromatic carbocycles. The number of carboxylic acids is 1. The lowest BCUT2D eigenvalue weighted by molar-refractivity contribution is -0.156. The van der Waals surface area contributed by atoms with E-state index in [-0.39, 0.29) is 73.3 Å². The number of rotatable bonds is 18. The van der Waals surface area contributed by atoms with E-state index in [9.17, 15) is 34.3 Å². The second-order valence-electron chi connectivity index (χ2n) is 21.9. The predicted octanol–water partition coefficient (Wildman–Crippen LogP) is 8.67. The summed E-state index contributed by atoms with van der Waals surface area (Å²) in [7, 11) is 0. The Morgan fingerprint density at radius 1 is 0.731 bits per heavy atom. The molecule has 416 valence electrons. The van der Waals surface area contributed by atoms with Crippen LogP contribution in [0.15, 0.2) is 97.3 Å². The maximum absolute atomic E-state index is 14.1. The van der Waals surface area contributed by atoms with E-state index in [2.05, 4.69) is 57.0 Å². The van der Waals surface area contributed by atoms with E-state index in [1.165, 1.54) is 16.0 Å². The van der Waals surface area contributed by atoms with Crippen LogP contribution in [0.5, 0.6) is 0 Å². The van der Waals surface area contributed by atoms with Gasteiger partial charge in [-0.25, -0.2) is 4.79 Å². The van der Waals surface area contributed by atoms with Crippen molar-refractivity contribution in [2.75, 3.05) is 26.2 Å². The van der Waals surface area contributed by atoms with Crippen molar-refractivity contribution in [2.24, 2.45) is 17.6 Å². The summed E-state index contributed by atoms with van der Waals surface area (Å²) < 4.78 is 5.58. The molecule has 2 aromatic heterocycles. The minimum Gasteiger partial charge on any atom is -0.480 e. The highest BCUT2D eigenvalue weighted by molar-refractivity contribution is 6.30. The largest absolute Gasteiger partial charge is 0.480 e. The van der Waals surface area contributed by atoms with Gasteiger partial charge in [0.25, 0.3) is 0 Å². The molecule has 18 heteroatoms. The third-order valence-corrected chi connectivity index (χ3v) is 15.4. The summed E-state index contributed by atoms with van der Waals surface area (Å²) in [6.45, 7) is 10.5. The van der Waals surface area contributed by atoms with Gasteiger partial charge in [0.15, 0.2) is 5.78 Å². The molecule has 0 aliphatic carbocycles. The fourth-order valence-corrected chi connectivity index (χ4v) is 11.4. The predicted molar refractivity (Wildman–Crippen MR) is 298 cm³/mol. The Hall–Kier alpha value is -6.27. The third kappa shape index (κ3) is 17.9. The van der Waals surface area contributed by atoms with E-state index >= 15 is 0 Å². The van der Waals surface area contributed by atoms with Gasteiger partial charge >= 0.3 is 11.9 Å². The number of aliphatic carboxylic acids is 1. The molecular weight excluding hydrogens is 1030 g/mol. The number of carbonyl (C=O) groups excluding carboxylic acids is 4. The maximum atomic E-state index is 14.1. The fraction of sp³-hybridized carbons (Fsp3) is 0.517. The summed E-state index contributed by atoms with van der Waals surface area (Å²) in [6.07, 6.45) is 10.1. The van der Waals surface area contributed by atoms with E-state index in [1.807, 2.05) is 69.3 Å². The number of halogens is 2. The van der Waals surface area contributed by atoms with E-state index in [0.29, 0.717) is 61.4 Å². The van der Waals surface area contributed by atoms with Gasteiger partial charge in [-0.15, -0.1) is 0 Å². The van der Waals surface area contributed by atoms with E-state index in [4.69, 9.17) is 38.9 Å². The molecule has 4 fully saturated rings. The number of pyridine rings is 2. The Bertz CT molecular complexity index is 2680. The van der Waals surface area contributed by atoms with Crippen molar-refractivity contribution in [3.63, 3.8) is 0 Å². The van der Waals surface area contributed by atoms with Gasteiger partial charge in [-0.1, -0.05) is 90.8 Å². The third-order valence-electron chi connectivity index (χ3n) is 14.9. The topological polar surface area (TPSA) is 227 Å². The number of ether oxygens (including phenoxy) is 1. The number of Topliss-reactive ketones (excluding diaryl/α,β-unsaturated/α-hetero) is 1. The first-order valence-corrected chi connectivity index (χ1v) is 28.0. The summed E-state index contributed by atoms with van der Waals surface area (Å²) in [6, 6.07) is 29.6. The molecule has 6 heterocycles. The molecule has 3 N–H and O–H groups in total. The summed E-state index contributed by atoms with van der Waals surface area (Å²) in [5.74, 6) is -1.34. The average molecular weight is 1110 g/mol. The minimum atomic E-state index is -1.09. The second-order valence-corrected chi connectivity index (χ2v) is 22.7. The van der Waals surface area contributed by atoms with Crippen molar-refractivity contribution in [1.29, 1.82) is 10.5 Å². The molecule has 2 unspecified atom stereocenters. The van der Waals surface area contributed by atoms with E-state index < -0.39 is 29.7 Å². The number of esters is 1. The van der Waals surface area contributed by atoms with E-state index in [0.717, 1.165) is 56.5 Å². The van der Waals surface area contributed by atoms with Crippen LogP contribution < -0.4 is 5.73 Å². The van der Waals surface area contributed by atoms with Gasteiger partial charge in [-0.3, -0.25) is 38.9 Å². The van der Waals surface area contributed by atoms with Crippen molar-refractivity contribution < 1.29 is 33.8 Å². The van der Waals surface area contributed by atoms with Crippen molar-refractivity contribution >= 4 is 52.7 Å². The number of nitrogens with two attached hydrogens (primary N) is 1. The highest BCUT2D eigenvalue weighted by Crippen LogP contribution is 2.36. The molecule has 0 bridgehead atoms. The number of carbonyl (C=O) groups is 5. The van der Waals surface area contributed by atoms with Gasteiger partial charge in [0, 0.05) is 75.7 Å². The zero-order valence-corrected chi connectivity index (χ0v) is 46.9. The van der Waals surface area contributed by atoms with Crippen LogP contribution in [0, 0.1) is 34.5 Å². The molecule has 0 saturated carbocycles. The zero-order chi connectivity index (χ0) is 56.4. The number of hydrogen-bond donors (Lipinski definition) is 2. The first-order chi connectivity index (χ1) is 37.4. The standard InChI is InChI=1S/C33H41ClN4O4.C21H27N3O3.C6H7ClN2/c1-33(2,3)42-31(40)20-24-19-29-32(41)37(18-16-27(38(29)22-24)13-9-23-7-5-4-6-8-23)28(15-17-35)30(39)14-12-26-11-10-25(34)21-36-26;1-15-13-19-20(25)23(18(9-11-22)21(26)27)12-10-17(24(19)14-15)8-7-16-5-3-2-4-6-16;7-5-1-2-6(3-8)9-4-5/h4-8,10-11,21,24,27-29H,9,12-16,18-20,22H2,1-3H3;2-6,15,17-19H,7-10,12-14H2,1H3,(H,26,27);1-2,4H,3,8H2/t24-,27?,28+,29-;15-,17?,18-,19+;/m01./s1. The lowest BCUT2D eigenvalue weighted by atomic mass is 9.98. The molecule has 0 spiro atoms. The van der Waals surface area contributed by atoms with Crippen molar-refractivity contribution in [2.45, 2.75) is 160 Å². The van der Waals surface area contributed by atoms with Gasteiger partial charge < -0.3 is 25.4 Å². The molecule has 2 amide bonds. The number of ketones is 1. The fourth-order valence-electron chi connectivity index (χ4n) is 11.2. The molecule has 8 rings (SSSR count). The molecule has 4 aliphatic rings. The van der Waals surface area contributed by atoms with Crippen LogP contribution in [0.25, 0.3) is 0 Å². The van der Waals surface area contributed by atoms with Gasteiger partial charge in [0.2, 0.25) is 11.8 Å². The van der Waals surface area contributed by atoms with Crippen LogP contribution in [-0.2, 0) is 54.5 Å². The number of aryl methyl sites for hydroxylation is 3. The highest BCUT2D eigenvalue weighted by Gasteiger charge is 2.48. The molecule has 78 heavy (non-hydrogen) atoms. The molecular formula is C60H75Cl2N9O7. The molecule has 8 atom stereocenters. The van der Waals surface area contributed by atoms with Gasteiger partial charge in [0.1, 0.15) is 17.7 Å². The molecule has 0 radical (unpaired) electrons. The number of aromatic nitrogens is 2. The Balaban J connectivity index is 0.000000231. The first-order valence-electron chi connectivity index (χ1n) is 27.2. The lowest BCUT2D eigenvalue weighted by Gasteiger charge is -2.31. The van der Waals surface area contributed by atoms with Crippen molar-refractivity contribution in [1.82, 2.24) is 29.6 Å². The Kier molecular flexibility index (Phi) is 23.2. The van der Waals surface area contributed by atoms with Crippen LogP contribution >= 0.6 is 23.2 Å². The normalized spacial score (nSPS) is 22.1. The maximum Gasteiger partial charge on any atom is 0.327 e. The Morgan fingerprint density at radius 2 is 1.23 bits per heavy atom. The van der Waals surface area contributed by atoms with Crippen LogP contribution in [0.1, 0.15) is 114 Å². The quantitative estimate of drug-likeness (QED) is 0.0889. The smallest absolute Gasteiger partial charge is 0.327 e.